The first-order valence-corrected chi connectivity index (χ1v) is 11.6. The van der Waals surface area contributed by atoms with Gasteiger partial charge in [-0.1, -0.05) is 55.9 Å². The Kier molecular flexibility index (Phi) is 12.3. The molecular weight excluding hydrogens is 396 g/mol. The molecule has 1 N–H and O–H groups in total. The molecule has 1 saturated heterocycles. The summed E-state index contributed by atoms with van der Waals surface area (Å²) in [6.07, 6.45) is 13.7. The number of carboxylic acid groups (broad SMARTS) is 1. The van der Waals surface area contributed by atoms with E-state index in [1.165, 1.54) is 10.5 Å². The molecule has 30 heavy (non-hydrogen) atoms. The summed E-state index contributed by atoms with van der Waals surface area (Å²) in [6, 6.07) is 0. The van der Waals surface area contributed by atoms with Gasteiger partial charge in [-0.15, -0.1) is 0 Å². The largest absolute Gasteiger partial charge is 0.479 e. The molecule has 0 aromatic rings. The fourth-order valence-electron chi connectivity index (χ4n) is 2.75. The van der Waals surface area contributed by atoms with E-state index in [1.807, 2.05) is 18.0 Å². The molecule has 170 valence electrons. The predicted octanol–water partition coefficient (Wildman–Crippen LogP) is 5.14. The number of nitrogens with zero attached hydrogens (tertiary/aromatic N) is 2. The van der Waals surface area contributed by atoms with Gasteiger partial charge in [-0.2, -0.15) is 0 Å². The van der Waals surface area contributed by atoms with Gasteiger partial charge < -0.3 is 9.84 Å². The second-order valence-corrected chi connectivity index (χ2v) is 9.66. The first kappa shape index (κ1) is 26.7. The van der Waals surface area contributed by atoms with E-state index in [0.29, 0.717) is 12.5 Å². The van der Waals surface area contributed by atoms with Crippen molar-refractivity contribution in [2.24, 2.45) is 5.92 Å². The maximum absolute atomic E-state index is 11.1. The quantitative estimate of drug-likeness (QED) is 0.260. The van der Waals surface area contributed by atoms with E-state index in [2.05, 4.69) is 67.3 Å². The normalized spacial score (nSPS) is 18.2. The summed E-state index contributed by atoms with van der Waals surface area (Å²) >= 11 is 1.85. The van der Waals surface area contributed by atoms with Crippen LogP contribution in [0.4, 0.5) is 0 Å². The van der Waals surface area contributed by atoms with E-state index in [4.69, 9.17) is 9.84 Å². The highest BCUT2D eigenvalue weighted by molar-refractivity contribution is 8.00. The zero-order valence-electron chi connectivity index (χ0n) is 19.6. The van der Waals surface area contributed by atoms with E-state index < -0.39 is 11.6 Å². The van der Waals surface area contributed by atoms with Crippen LogP contribution in [-0.2, 0) is 9.53 Å². The van der Waals surface area contributed by atoms with E-state index in [0.717, 1.165) is 39.1 Å². The molecule has 0 saturated carbocycles. The van der Waals surface area contributed by atoms with Gasteiger partial charge in [0.05, 0.1) is 6.61 Å². The number of allylic oxidation sites excluding steroid dienone is 6. The highest BCUT2D eigenvalue weighted by Gasteiger charge is 2.27. The summed E-state index contributed by atoms with van der Waals surface area (Å²) in [4.78, 5) is 14.9. The minimum Gasteiger partial charge on any atom is -0.479 e. The molecule has 5 nitrogen and oxygen atoms in total. The number of aliphatic carboxylic acids is 1. The Morgan fingerprint density at radius 2 is 1.83 bits per heavy atom. The number of carbonyl (C=O) groups is 1. The molecule has 0 radical (unpaired) electrons. The van der Waals surface area contributed by atoms with Crippen molar-refractivity contribution in [3.63, 3.8) is 0 Å². The van der Waals surface area contributed by atoms with Crippen LogP contribution >= 0.6 is 11.9 Å². The third kappa shape index (κ3) is 11.2. The lowest BCUT2D eigenvalue weighted by atomic mass is 10.1. The molecule has 1 heterocycles. The minimum atomic E-state index is -1.16. The summed E-state index contributed by atoms with van der Waals surface area (Å²) in [5, 5.41) is 9.09. The van der Waals surface area contributed by atoms with Crippen LogP contribution in [0.5, 0.6) is 0 Å². The van der Waals surface area contributed by atoms with Gasteiger partial charge in [-0.25, -0.2) is 9.10 Å². The molecule has 1 rings (SSSR count). The van der Waals surface area contributed by atoms with E-state index in [9.17, 15) is 4.79 Å². The van der Waals surface area contributed by atoms with Crippen molar-refractivity contribution >= 4 is 17.9 Å². The zero-order chi connectivity index (χ0) is 22.6. The number of hydrogen-bond acceptors (Lipinski definition) is 5. The fourth-order valence-corrected chi connectivity index (χ4v) is 3.93. The second-order valence-electron chi connectivity index (χ2n) is 8.43. The topological polar surface area (TPSA) is 53.0 Å². The highest BCUT2D eigenvalue weighted by Crippen LogP contribution is 2.27. The molecule has 0 aliphatic carbocycles. The Morgan fingerprint density at radius 3 is 2.40 bits per heavy atom. The van der Waals surface area contributed by atoms with E-state index in [-0.39, 0.29) is 0 Å². The van der Waals surface area contributed by atoms with Crippen molar-refractivity contribution in [3.05, 3.63) is 46.9 Å². The average Bonchev–Trinajstić information content (AvgIpc) is 2.68. The Balaban J connectivity index is 2.46. The Bertz CT molecular complexity index is 643. The van der Waals surface area contributed by atoms with Crippen LogP contribution in [0.3, 0.4) is 0 Å². The van der Waals surface area contributed by atoms with Crippen molar-refractivity contribution < 1.29 is 14.6 Å². The van der Waals surface area contributed by atoms with Gasteiger partial charge >= 0.3 is 5.97 Å². The molecule has 1 aliphatic heterocycles. The van der Waals surface area contributed by atoms with Crippen LogP contribution in [0, 0.1) is 5.92 Å². The van der Waals surface area contributed by atoms with Crippen LogP contribution in [0.25, 0.3) is 0 Å². The van der Waals surface area contributed by atoms with Crippen molar-refractivity contribution in [2.75, 3.05) is 39.3 Å². The van der Waals surface area contributed by atoms with Crippen molar-refractivity contribution in [2.45, 2.75) is 53.6 Å². The van der Waals surface area contributed by atoms with E-state index in [1.54, 1.807) is 13.8 Å². The molecule has 0 aromatic heterocycles. The smallest absolute Gasteiger partial charge is 0.335 e. The summed E-state index contributed by atoms with van der Waals surface area (Å²) in [7, 11) is 0. The maximum Gasteiger partial charge on any atom is 0.335 e. The summed E-state index contributed by atoms with van der Waals surface area (Å²) < 4.78 is 7.88. The fraction of sp³-hybridized carbons (Fsp3) is 0.625. The number of carboxylic acids is 1. The molecule has 6 heteroatoms. The lowest BCUT2D eigenvalue weighted by Crippen LogP contribution is -2.43. The molecular formula is C24H40N2O3S. The SMILES string of the molecule is C/C=C(C)/C=C/CN1CCN(S/C(=C/C(C)C)CC=CCOC(C)(C)C(=O)O)CC1. The predicted molar refractivity (Wildman–Crippen MR) is 129 cm³/mol. The molecule has 0 amide bonds. The lowest BCUT2D eigenvalue weighted by molar-refractivity contribution is -0.159. The lowest BCUT2D eigenvalue weighted by Gasteiger charge is -2.33. The zero-order valence-corrected chi connectivity index (χ0v) is 20.4. The van der Waals surface area contributed by atoms with Crippen molar-refractivity contribution in [1.82, 2.24) is 9.21 Å². The third-order valence-electron chi connectivity index (χ3n) is 4.84. The molecule has 0 aromatic carbocycles. The monoisotopic (exact) mass is 436 g/mol. The van der Waals surface area contributed by atoms with Gasteiger partial charge in [0.2, 0.25) is 0 Å². The number of piperazine rings is 1. The summed E-state index contributed by atoms with van der Waals surface area (Å²) in [5.74, 6) is -0.456. The second kappa shape index (κ2) is 13.9. The molecule has 0 spiro atoms. The van der Waals surface area contributed by atoms with Crippen LogP contribution < -0.4 is 0 Å². The van der Waals surface area contributed by atoms with E-state index >= 15 is 0 Å². The van der Waals surface area contributed by atoms with Crippen LogP contribution in [0.15, 0.2) is 46.9 Å². The molecule has 0 bridgehead atoms. The van der Waals surface area contributed by atoms with Crippen molar-refractivity contribution in [3.8, 4) is 0 Å². The Morgan fingerprint density at radius 1 is 1.17 bits per heavy atom. The van der Waals surface area contributed by atoms with Gasteiger partial charge in [0.25, 0.3) is 0 Å². The van der Waals surface area contributed by atoms with Gasteiger partial charge in [-0.3, -0.25) is 4.90 Å². The van der Waals surface area contributed by atoms with Crippen LogP contribution in [0.1, 0.15) is 48.0 Å². The number of rotatable bonds is 12. The number of ether oxygens (including phenoxy) is 1. The standard InChI is InChI=1S/C24H40N2O3S/c1-7-21(4)11-10-13-25-14-16-26(17-15-25)30-22(19-20(2)3)12-8-9-18-29-24(5,6)23(27)28/h7-11,19-20H,12-18H2,1-6H3,(H,27,28)/b9-8?,11-10+,21-7+,22-19+. The summed E-state index contributed by atoms with van der Waals surface area (Å²) in [6.45, 7) is 17.3. The first-order chi connectivity index (χ1) is 14.1. The molecule has 1 aliphatic rings. The van der Waals surface area contributed by atoms with Crippen LogP contribution in [-0.4, -0.2) is 65.2 Å². The van der Waals surface area contributed by atoms with Crippen LogP contribution in [0.2, 0.25) is 0 Å². The highest BCUT2D eigenvalue weighted by atomic mass is 32.2. The first-order valence-electron chi connectivity index (χ1n) is 10.8. The Labute approximate surface area is 187 Å². The number of hydrogen-bond donors (Lipinski definition) is 1. The maximum atomic E-state index is 11.1. The molecule has 0 atom stereocenters. The molecule has 0 unspecified atom stereocenters. The average molecular weight is 437 g/mol. The Hall–Kier alpha value is -1.34. The van der Waals surface area contributed by atoms with Crippen molar-refractivity contribution in [1.29, 1.82) is 0 Å². The summed E-state index contributed by atoms with van der Waals surface area (Å²) in [5.41, 5.74) is 0.147. The molecule has 1 fully saturated rings. The van der Waals surface area contributed by atoms with Gasteiger partial charge in [-0.05, 0) is 52.0 Å². The van der Waals surface area contributed by atoms with Gasteiger partial charge in [0, 0.05) is 37.6 Å². The third-order valence-corrected chi connectivity index (χ3v) is 6.00. The van der Waals surface area contributed by atoms with Gasteiger partial charge in [0.15, 0.2) is 5.60 Å². The minimum absolute atomic E-state index is 0.303. The van der Waals surface area contributed by atoms with Gasteiger partial charge in [0.1, 0.15) is 0 Å².